The zero-order valence-corrected chi connectivity index (χ0v) is 4.70. The van der Waals surface area contributed by atoms with E-state index in [0.717, 1.165) is 0 Å². The standard InChI is InChI=1S/C4H10F2N2/c1-4(8,2-7)3(5)6/h3H,2,7-8H2,1H3. The zero-order valence-electron chi connectivity index (χ0n) is 4.70. The van der Waals surface area contributed by atoms with Gasteiger partial charge in [0.2, 0.25) is 0 Å². The largest absolute Gasteiger partial charge is 0.328 e. The molecule has 0 aromatic rings. The van der Waals surface area contributed by atoms with E-state index in [1.807, 2.05) is 0 Å². The first-order valence-corrected chi connectivity index (χ1v) is 2.28. The quantitative estimate of drug-likeness (QED) is 0.541. The Balaban J connectivity index is 3.71. The highest BCUT2D eigenvalue weighted by molar-refractivity contribution is 4.81. The Labute approximate surface area is 46.8 Å². The predicted octanol–water partition coefficient (Wildman–Crippen LogP) is -0.0724. The van der Waals surface area contributed by atoms with Crippen LogP contribution in [0.4, 0.5) is 8.78 Å². The summed E-state index contributed by atoms with van der Waals surface area (Å²) in [5, 5.41) is 0. The molecule has 50 valence electrons. The van der Waals surface area contributed by atoms with Crippen LogP contribution in [0.1, 0.15) is 6.92 Å². The Kier molecular flexibility index (Phi) is 2.30. The van der Waals surface area contributed by atoms with Crippen molar-refractivity contribution in [3.05, 3.63) is 0 Å². The summed E-state index contributed by atoms with van der Waals surface area (Å²) in [7, 11) is 0. The molecule has 0 aromatic carbocycles. The second-order valence-electron chi connectivity index (χ2n) is 2.01. The van der Waals surface area contributed by atoms with Crippen molar-refractivity contribution in [2.24, 2.45) is 11.5 Å². The molecule has 8 heavy (non-hydrogen) atoms. The Morgan fingerprint density at radius 2 is 2.00 bits per heavy atom. The van der Waals surface area contributed by atoms with Crippen LogP contribution >= 0.6 is 0 Å². The fraction of sp³-hybridized carbons (Fsp3) is 1.00. The average molecular weight is 124 g/mol. The lowest BCUT2D eigenvalue weighted by Crippen LogP contribution is -2.50. The summed E-state index contributed by atoms with van der Waals surface area (Å²) in [6.07, 6.45) is -2.53. The van der Waals surface area contributed by atoms with Gasteiger partial charge in [0, 0.05) is 6.54 Å². The van der Waals surface area contributed by atoms with Crippen LogP contribution in [-0.4, -0.2) is 18.5 Å². The number of nitrogens with two attached hydrogens (primary N) is 2. The van der Waals surface area contributed by atoms with E-state index in [1.54, 1.807) is 0 Å². The molecule has 0 heterocycles. The van der Waals surface area contributed by atoms with Crippen molar-refractivity contribution in [3.8, 4) is 0 Å². The Hall–Kier alpha value is -0.220. The van der Waals surface area contributed by atoms with E-state index in [0.29, 0.717) is 0 Å². The molecule has 0 spiro atoms. The van der Waals surface area contributed by atoms with Gasteiger partial charge in [-0.1, -0.05) is 0 Å². The molecule has 0 aromatic heterocycles. The van der Waals surface area contributed by atoms with Crippen molar-refractivity contribution in [3.63, 3.8) is 0 Å². The van der Waals surface area contributed by atoms with Crippen LogP contribution in [0.25, 0.3) is 0 Å². The van der Waals surface area contributed by atoms with Crippen LogP contribution in [0, 0.1) is 0 Å². The first-order chi connectivity index (χ1) is 3.50. The van der Waals surface area contributed by atoms with Crippen molar-refractivity contribution in [2.45, 2.75) is 18.9 Å². The molecule has 0 fully saturated rings. The molecular weight excluding hydrogens is 114 g/mol. The number of hydrogen-bond donors (Lipinski definition) is 2. The highest BCUT2D eigenvalue weighted by Crippen LogP contribution is 2.08. The van der Waals surface area contributed by atoms with Crippen LogP contribution < -0.4 is 11.5 Å². The lowest BCUT2D eigenvalue weighted by Gasteiger charge is -2.20. The monoisotopic (exact) mass is 124 g/mol. The molecule has 0 rings (SSSR count). The van der Waals surface area contributed by atoms with Gasteiger partial charge in [0.15, 0.2) is 0 Å². The maximum Gasteiger partial charge on any atom is 0.257 e. The number of hydrogen-bond acceptors (Lipinski definition) is 2. The third kappa shape index (κ3) is 1.71. The average Bonchev–Trinajstić information content (AvgIpc) is 1.67. The van der Waals surface area contributed by atoms with Crippen LogP contribution in [0.15, 0.2) is 0 Å². The molecular formula is C4H10F2N2. The minimum Gasteiger partial charge on any atom is -0.328 e. The molecule has 0 aliphatic carbocycles. The molecule has 0 bridgehead atoms. The fourth-order valence-electron chi connectivity index (χ4n) is 0.0891. The molecule has 0 saturated carbocycles. The van der Waals surface area contributed by atoms with Crippen LogP contribution in [-0.2, 0) is 0 Å². The van der Waals surface area contributed by atoms with E-state index < -0.39 is 12.0 Å². The van der Waals surface area contributed by atoms with Gasteiger partial charge >= 0.3 is 0 Å². The van der Waals surface area contributed by atoms with Gasteiger partial charge in [-0.2, -0.15) is 0 Å². The maximum absolute atomic E-state index is 11.6. The van der Waals surface area contributed by atoms with Crippen molar-refractivity contribution >= 4 is 0 Å². The summed E-state index contributed by atoms with van der Waals surface area (Å²) >= 11 is 0. The molecule has 4 heteroatoms. The second-order valence-corrected chi connectivity index (χ2v) is 2.01. The SMILES string of the molecule is CC(N)(CN)C(F)F. The molecule has 1 atom stereocenters. The topological polar surface area (TPSA) is 52.0 Å². The van der Waals surface area contributed by atoms with Gasteiger partial charge in [-0.25, -0.2) is 8.78 Å². The zero-order chi connectivity index (χ0) is 6.78. The molecule has 0 aliphatic rings. The highest BCUT2D eigenvalue weighted by atomic mass is 19.3. The highest BCUT2D eigenvalue weighted by Gasteiger charge is 2.27. The number of alkyl halides is 2. The third-order valence-corrected chi connectivity index (χ3v) is 0.938. The molecule has 0 radical (unpaired) electrons. The van der Waals surface area contributed by atoms with E-state index in [-0.39, 0.29) is 6.54 Å². The first-order valence-electron chi connectivity index (χ1n) is 2.28. The summed E-state index contributed by atoms with van der Waals surface area (Å²) in [6, 6.07) is 0. The van der Waals surface area contributed by atoms with E-state index in [1.165, 1.54) is 6.92 Å². The van der Waals surface area contributed by atoms with Crippen molar-refractivity contribution < 1.29 is 8.78 Å². The summed E-state index contributed by atoms with van der Waals surface area (Å²) in [5.41, 5.74) is 8.37. The summed E-state index contributed by atoms with van der Waals surface area (Å²) in [6.45, 7) is 1.03. The second kappa shape index (κ2) is 2.37. The summed E-state index contributed by atoms with van der Waals surface area (Å²) in [5.74, 6) is 0. The minimum atomic E-state index is -2.53. The lowest BCUT2D eigenvalue weighted by atomic mass is 10.1. The van der Waals surface area contributed by atoms with Gasteiger partial charge in [0.25, 0.3) is 6.43 Å². The third-order valence-electron chi connectivity index (χ3n) is 0.938. The Bertz CT molecular complexity index is 72.4. The van der Waals surface area contributed by atoms with E-state index in [2.05, 4.69) is 0 Å². The molecule has 4 N–H and O–H groups in total. The van der Waals surface area contributed by atoms with Gasteiger partial charge in [0.1, 0.15) is 0 Å². The first kappa shape index (κ1) is 7.78. The molecule has 0 saturated heterocycles. The van der Waals surface area contributed by atoms with E-state index >= 15 is 0 Å². The van der Waals surface area contributed by atoms with Gasteiger partial charge in [0.05, 0.1) is 5.54 Å². The minimum absolute atomic E-state index is 0.190. The van der Waals surface area contributed by atoms with Gasteiger partial charge in [-0.3, -0.25) is 0 Å². The Morgan fingerprint density at radius 3 is 2.00 bits per heavy atom. The maximum atomic E-state index is 11.6. The molecule has 0 amide bonds. The Morgan fingerprint density at radius 1 is 1.62 bits per heavy atom. The number of halogens is 2. The van der Waals surface area contributed by atoms with Crippen molar-refractivity contribution in [1.29, 1.82) is 0 Å². The smallest absolute Gasteiger partial charge is 0.257 e. The van der Waals surface area contributed by atoms with Gasteiger partial charge in [-0.05, 0) is 6.92 Å². The van der Waals surface area contributed by atoms with Crippen LogP contribution in [0.3, 0.4) is 0 Å². The van der Waals surface area contributed by atoms with Crippen LogP contribution in [0.2, 0.25) is 0 Å². The van der Waals surface area contributed by atoms with Crippen molar-refractivity contribution in [2.75, 3.05) is 6.54 Å². The molecule has 2 nitrogen and oxygen atoms in total. The van der Waals surface area contributed by atoms with Gasteiger partial charge < -0.3 is 11.5 Å². The summed E-state index contributed by atoms with van der Waals surface area (Å²) < 4.78 is 23.2. The van der Waals surface area contributed by atoms with E-state index in [4.69, 9.17) is 11.5 Å². The van der Waals surface area contributed by atoms with Crippen molar-refractivity contribution in [1.82, 2.24) is 0 Å². The molecule has 1 unspecified atom stereocenters. The van der Waals surface area contributed by atoms with Gasteiger partial charge in [-0.15, -0.1) is 0 Å². The summed E-state index contributed by atoms with van der Waals surface area (Å²) in [4.78, 5) is 0. The van der Waals surface area contributed by atoms with Crippen LogP contribution in [0.5, 0.6) is 0 Å². The predicted molar refractivity (Wildman–Crippen MR) is 27.7 cm³/mol. The normalized spacial score (nSPS) is 18.8. The lowest BCUT2D eigenvalue weighted by molar-refractivity contribution is 0.0685. The van der Waals surface area contributed by atoms with E-state index in [9.17, 15) is 8.78 Å². The number of rotatable bonds is 2. The fourth-order valence-corrected chi connectivity index (χ4v) is 0.0891. The molecule has 0 aliphatic heterocycles.